The van der Waals surface area contributed by atoms with E-state index in [1.165, 1.54) is 14.0 Å². The lowest BCUT2D eigenvalue weighted by Crippen LogP contribution is -2.62. The third-order valence-corrected chi connectivity index (χ3v) is 5.35. The van der Waals surface area contributed by atoms with Gasteiger partial charge in [-0.15, -0.1) is 0 Å². The number of nitrogens with one attached hydrogen (secondary N) is 2. The molecule has 1 aliphatic rings. The summed E-state index contributed by atoms with van der Waals surface area (Å²) >= 11 is 0. The Labute approximate surface area is 218 Å². The van der Waals surface area contributed by atoms with E-state index in [9.17, 15) is 19.2 Å². The van der Waals surface area contributed by atoms with Crippen molar-refractivity contribution < 1.29 is 33.4 Å². The Bertz CT molecular complexity index is 1140. The van der Waals surface area contributed by atoms with Gasteiger partial charge in [0.15, 0.2) is 0 Å². The van der Waals surface area contributed by atoms with E-state index in [2.05, 4.69) is 34.3 Å². The Balaban J connectivity index is 2.00. The molecule has 0 spiro atoms. The van der Waals surface area contributed by atoms with Gasteiger partial charge in [-0.2, -0.15) is 0 Å². The minimum Gasteiger partial charge on any atom is -0.467 e. The van der Waals surface area contributed by atoms with Crippen LogP contribution in [0.3, 0.4) is 0 Å². The number of amides is 2. The molecular formula is C28H34N2O7. The monoisotopic (exact) mass is 510 g/mol. The van der Waals surface area contributed by atoms with Crippen LogP contribution in [0, 0.1) is 35.5 Å². The van der Waals surface area contributed by atoms with Crippen molar-refractivity contribution in [3.8, 4) is 23.7 Å². The Kier molecular flexibility index (Phi) is 9.74. The maximum absolute atomic E-state index is 12.9. The van der Waals surface area contributed by atoms with Gasteiger partial charge in [0.2, 0.25) is 0 Å². The fourth-order valence-corrected chi connectivity index (χ4v) is 3.28. The quantitative estimate of drug-likeness (QED) is 0.329. The fraction of sp³-hybridized carbons (Fsp3) is 0.500. The number of alkyl carbamates (subject to hydrolysis) is 1. The lowest BCUT2D eigenvalue weighted by atomic mass is 9.94. The molecule has 0 radical (unpaired) electrons. The van der Waals surface area contributed by atoms with E-state index >= 15 is 0 Å². The maximum Gasteiger partial charge on any atom is 0.408 e. The number of carbonyl (C=O) groups excluding carboxylic acids is 4. The van der Waals surface area contributed by atoms with Gasteiger partial charge in [0.05, 0.1) is 19.3 Å². The van der Waals surface area contributed by atoms with Crippen molar-refractivity contribution in [3.63, 3.8) is 0 Å². The van der Waals surface area contributed by atoms with Gasteiger partial charge >= 0.3 is 18.0 Å². The normalized spacial score (nSPS) is 16.9. The Morgan fingerprint density at radius 1 is 1.05 bits per heavy atom. The molecule has 2 amide bonds. The fourth-order valence-electron chi connectivity index (χ4n) is 3.28. The molecule has 1 fully saturated rings. The van der Waals surface area contributed by atoms with Crippen LogP contribution in [-0.4, -0.2) is 54.8 Å². The number of methoxy groups -OCH3 is 1. The van der Waals surface area contributed by atoms with Gasteiger partial charge in [-0.05, 0) is 77.1 Å². The van der Waals surface area contributed by atoms with Crippen molar-refractivity contribution >= 4 is 23.9 Å². The minimum absolute atomic E-state index is 0.191. The summed E-state index contributed by atoms with van der Waals surface area (Å²) in [6.45, 7) is 10.1. The van der Waals surface area contributed by atoms with Gasteiger partial charge in [0.25, 0.3) is 5.91 Å². The Morgan fingerprint density at radius 2 is 1.70 bits per heavy atom. The first-order valence-corrected chi connectivity index (χ1v) is 11.9. The number of hydrogen-bond donors (Lipinski definition) is 2. The smallest absolute Gasteiger partial charge is 0.408 e. The van der Waals surface area contributed by atoms with E-state index in [0.29, 0.717) is 17.7 Å². The molecule has 1 aromatic rings. The molecule has 37 heavy (non-hydrogen) atoms. The number of carbonyl (C=O) groups is 4. The van der Waals surface area contributed by atoms with E-state index in [1.807, 2.05) is 0 Å². The number of esters is 2. The molecule has 1 aromatic carbocycles. The van der Waals surface area contributed by atoms with Crippen molar-refractivity contribution in [1.82, 2.24) is 10.6 Å². The number of hydrogen-bond acceptors (Lipinski definition) is 7. The van der Waals surface area contributed by atoms with E-state index < -0.39 is 35.2 Å². The SMILES string of the molecule is COC(=O)[C@@H](NC(=O)c1ccc(C#CC#CC2C[C@H]2COC(C)=O)cc1)C(C)(C)NC(=O)OC(C)(C)C. The predicted octanol–water partition coefficient (Wildman–Crippen LogP) is 2.82. The Morgan fingerprint density at radius 3 is 2.27 bits per heavy atom. The average Bonchev–Trinajstić information content (AvgIpc) is 3.55. The minimum atomic E-state index is -1.21. The largest absolute Gasteiger partial charge is 0.467 e. The molecule has 0 saturated heterocycles. The van der Waals surface area contributed by atoms with Gasteiger partial charge in [-0.25, -0.2) is 9.59 Å². The second-order valence-corrected chi connectivity index (χ2v) is 10.3. The Hall–Kier alpha value is -3.98. The highest BCUT2D eigenvalue weighted by molar-refractivity contribution is 5.97. The molecule has 1 saturated carbocycles. The predicted molar refractivity (Wildman–Crippen MR) is 136 cm³/mol. The first kappa shape index (κ1) is 29.3. The third kappa shape index (κ3) is 9.89. The highest BCUT2D eigenvalue weighted by Gasteiger charge is 2.40. The van der Waals surface area contributed by atoms with Crippen LogP contribution in [0.15, 0.2) is 24.3 Å². The summed E-state index contributed by atoms with van der Waals surface area (Å²) in [4.78, 5) is 48.4. The molecule has 0 aromatic heterocycles. The van der Waals surface area contributed by atoms with Crippen LogP contribution in [-0.2, 0) is 23.8 Å². The second kappa shape index (κ2) is 12.3. The molecule has 9 nitrogen and oxygen atoms in total. The lowest BCUT2D eigenvalue weighted by Gasteiger charge is -2.34. The summed E-state index contributed by atoms with van der Waals surface area (Å²) in [6.07, 6.45) is 0.163. The van der Waals surface area contributed by atoms with Crippen LogP contribution in [0.4, 0.5) is 4.79 Å². The van der Waals surface area contributed by atoms with Crippen molar-refractivity contribution in [2.45, 2.75) is 65.1 Å². The molecule has 2 rings (SSSR count). The maximum atomic E-state index is 12.9. The lowest BCUT2D eigenvalue weighted by molar-refractivity contribution is -0.145. The molecule has 0 bridgehead atoms. The topological polar surface area (TPSA) is 120 Å². The van der Waals surface area contributed by atoms with Gasteiger partial charge in [0, 0.05) is 29.9 Å². The molecule has 3 atom stereocenters. The van der Waals surface area contributed by atoms with Crippen molar-refractivity contribution in [3.05, 3.63) is 35.4 Å². The van der Waals surface area contributed by atoms with Gasteiger partial charge in [-0.1, -0.05) is 11.8 Å². The van der Waals surface area contributed by atoms with E-state index in [-0.39, 0.29) is 17.8 Å². The van der Waals surface area contributed by atoms with Crippen LogP contribution in [0.25, 0.3) is 0 Å². The van der Waals surface area contributed by atoms with Crippen LogP contribution < -0.4 is 10.6 Å². The highest BCUT2D eigenvalue weighted by Crippen LogP contribution is 2.37. The van der Waals surface area contributed by atoms with Crippen LogP contribution >= 0.6 is 0 Å². The van der Waals surface area contributed by atoms with E-state index in [4.69, 9.17) is 14.2 Å². The summed E-state index contributed by atoms with van der Waals surface area (Å²) in [5.41, 5.74) is -0.987. The molecule has 1 unspecified atom stereocenters. The molecule has 198 valence electrons. The van der Waals surface area contributed by atoms with Gasteiger partial charge in [-0.3, -0.25) is 9.59 Å². The standard InChI is InChI=1S/C28H34N2O7/c1-18(31)36-17-22-16-21(22)11-9-8-10-19-12-14-20(15-13-19)24(32)29-23(25(33)35-7)28(5,6)30-26(34)37-27(2,3)4/h12-15,21-23H,16-17H2,1-7H3,(H,29,32)(H,30,34)/t21?,22-,23+/m0/s1. The molecule has 0 heterocycles. The van der Waals surface area contributed by atoms with Gasteiger partial charge < -0.3 is 24.8 Å². The highest BCUT2D eigenvalue weighted by atomic mass is 16.6. The average molecular weight is 511 g/mol. The molecule has 2 N–H and O–H groups in total. The zero-order valence-corrected chi connectivity index (χ0v) is 22.3. The summed E-state index contributed by atoms with van der Waals surface area (Å²) in [6, 6.07) is 5.30. The van der Waals surface area contributed by atoms with Crippen molar-refractivity contribution in [1.29, 1.82) is 0 Å². The molecule has 9 heteroatoms. The van der Waals surface area contributed by atoms with Gasteiger partial charge in [0.1, 0.15) is 11.6 Å². The number of rotatable bonds is 7. The van der Waals surface area contributed by atoms with E-state index in [1.54, 1.807) is 58.9 Å². The first-order chi connectivity index (χ1) is 17.2. The third-order valence-electron chi connectivity index (χ3n) is 5.35. The molecule has 0 aliphatic heterocycles. The second-order valence-electron chi connectivity index (χ2n) is 10.3. The first-order valence-electron chi connectivity index (χ1n) is 11.9. The summed E-state index contributed by atoms with van der Waals surface area (Å²) in [7, 11) is 1.20. The summed E-state index contributed by atoms with van der Waals surface area (Å²) in [5, 5.41) is 5.25. The summed E-state index contributed by atoms with van der Waals surface area (Å²) in [5.74, 6) is 10.5. The number of ether oxygens (including phenoxy) is 3. The van der Waals surface area contributed by atoms with Crippen LogP contribution in [0.1, 0.15) is 63.9 Å². The molecular weight excluding hydrogens is 476 g/mol. The van der Waals surface area contributed by atoms with Crippen LogP contribution in [0.2, 0.25) is 0 Å². The van der Waals surface area contributed by atoms with Crippen LogP contribution in [0.5, 0.6) is 0 Å². The van der Waals surface area contributed by atoms with Crippen molar-refractivity contribution in [2.75, 3.05) is 13.7 Å². The van der Waals surface area contributed by atoms with Crippen molar-refractivity contribution in [2.24, 2.45) is 11.8 Å². The number of benzene rings is 1. The summed E-state index contributed by atoms with van der Waals surface area (Å²) < 4.78 is 15.1. The molecule has 1 aliphatic carbocycles. The zero-order valence-electron chi connectivity index (χ0n) is 22.3. The van der Waals surface area contributed by atoms with E-state index in [0.717, 1.165) is 6.42 Å². The zero-order chi connectivity index (χ0) is 27.8.